The SMILES string of the molecule is CO[C@H]1O[C@@H]2COC(c3ccccc3)O[C@H]2[C@H](OCc2ccccc2)[C@H]1C=O. The number of methoxy groups -OCH3 is 1. The lowest BCUT2D eigenvalue weighted by atomic mass is 9.91. The Hall–Kier alpha value is -2.09. The van der Waals surface area contributed by atoms with Gasteiger partial charge in [-0.1, -0.05) is 60.7 Å². The maximum Gasteiger partial charge on any atom is 0.184 e. The standard InChI is InChI=1S/C22H24O6/c1-24-22-17(12-23)19(25-13-15-8-4-2-5-9-15)20-18(27-22)14-26-21(28-20)16-10-6-3-7-11-16/h2-12,17-22H,13-14H2,1H3/t17-,18-,19-,20-,21?,22+/m1/s1. The third kappa shape index (κ3) is 4.01. The van der Waals surface area contributed by atoms with E-state index in [1.807, 2.05) is 60.7 Å². The maximum absolute atomic E-state index is 11.9. The molecule has 4 rings (SSSR count). The molecule has 2 fully saturated rings. The van der Waals surface area contributed by atoms with Crippen LogP contribution in [0.4, 0.5) is 0 Å². The molecular weight excluding hydrogens is 360 g/mol. The van der Waals surface area contributed by atoms with E-state index >= 15 is 0 Å². The molecule has 2 aliphatic heterocycles. The van der Waals surface area contributed by atoms with Gasteiger partial charge in [-0.05, 0) is 5.56 Å². The Morgan fingerprint density at radius 1 is 1.04 bits per heavy atom. The van der Waals surface area contributed by atoms with Crippen LogP contribution in [0.15, 0.2) is 60.7 Å². The molecule has 2 saturated heterocycles. The lowest BCUT2D eigenvalue weighted by Crippen LogP contribution is -2.60. The quantitative estimate of drug-likeness (QED) is 0.714. The van der Waals surface area contributed by atoms with Crippen LogP contribution in [0, 0.1) is 5.92 Å². The van der Waals surface area contributed by atoms with Gasteiger partial charge in [0.1, 0.15) is 24.6 Å². The molecule has 0 saturated carbocycles. The summed E-state index contributed by atoms with van der Waals surface area (Å²) in [6.45, 7) is 0.705. The summed E-state index contributed by atoms with van der Waals surface area (Å²) in [6, 6.07) is 19.5. The van der Waals surface area contributed by atoms with E-state index in [-0.39, 0.29) is 6.10 Å². The molecule has 0 spiro atoms. The van der Waals surface area contributed by atoms with Crippen LogP contribution in [-0.2, 0) is 35.1 Å². The highest BCUT2D eigenvalue weighted by Crippen LogP contribution is 2.37. The fourth-order valence-electron chi connectivity index (χ4n) is 3.70. The van der Waals surface area contributed by atoms with Crippen LogP contribution in [0.25, 0.3) is 0 Å². The third-order valence-electron chi connectivity index (χ3n) is 5.13. The van der Waals surface area contributed by atoms with Crippen molar-refractivity contribution in [3.8, 4) is 0 Å². The molecule has 0 bridgehead atoms. The fourth-order valence-corrected chi connectivity index (χ4v) is 3.70. The van der Waals surface area contributed by atoms with Crippen LogP contribution in [0.2, 0.25) is 0 Å². The first-order chi connectivity index (χ1) is 13.8. The summed E-state index contributed by atoms with van der Waals surface area (Å²) < 4.78 is 29.6. The predicted octanol–water partition coefficient (Wildman–Crippen LogP) is 2.87. The molecule has 0 N–H and O–H groups in total. The number of carbonyl (C=O) groups is 1. The Labute approximate surface area is 164 Å². The van der Waals surface area contributed by atoms with Crippen LogP contribution < -0.4 is 0 Å². The van der Waals surface area contributed by atoms with Crippen LogP contribution in [-0.4, -0.2) is 44.6 Å². The van der Waals surface area contributed by atoms with Crippen molar-refractivity contribution in [2.75, 3.05) is 13.7 Å². The molecule has 28 heavy (non-hydrogen) atoms. The predicted molar refractivity (Wildman–Crippen MR) is 100 cm³/mol. The summed E-state index contributed by atoms with van der Waals surface area (Å²) in [5.74, 6) is -0.593. The Balaban J connectivity index is 1.55. The highest BCUT2D eigenvalue weighted by molar-refractivity contribution is 5.56. The first-order valence-electron chi connectivity index (χ1n) is 9.41. The van der Waals surface area contributed by atoms with Crippen molar-refractivity contribution in [3.05, 3.63) is 71.8 Å². The third-order valence-corrected chi connectivity index (χ3v) is 5.13. The van der Waals surface area contributed by atoms with E-state index in [4.69, 9.17) is 23.7 Å². The number of benzene rings is 2. The normalized spacial score (nSPS) is 32.5. The number of carbonyl (C=O) groups excluding carboxylic acids is 1. The highest BCUT2D eigenvalue weighted by Gasteiger charge is 2.50. The van der Waals surface area contributed by atoms with E-state index < -0.39 is 30.7 Å². The lowest BCUT2D eigenvalue weighted by Gasteiger charge is -2.47. The largest absolute Gasteiger partial charge is 0.370 e. The molecule has 0 amide bonds. The zero-order valence-electron chi connectivity index (χ0n) is 15.7. The van der Waals surface area contributed by atoms with Crippen LogP contribution in [0.5, 0.6) is 0 Å². The summed E-state index contributed by atoms with van der Waals surface area (Å²) in [7, 11) is 1.52. The zero-order valence-corrected chi connectivity index (χ0v) is 15.7. The average molecular weight is 384 g/mol. The molecule has 2 aromatic carbocycles. The number of aldehydes is 1. The summed E-state index contributed by atoms with van der Waals surface area (Å²) in [4.78, 5) is 11.9. The summed E-state index contributed by atoms with van der Waals surface area (Å²) in [5, 5.41) is 0. The molecule has 2 aromatic rings. The van der Waals surface area contributed by atoms with Crippen LogP contribution in [0.1, 0.15) is 17.4 Å². The van der Waals surface area contributed by atoms with Crippen molar-refractivity contribution in [1.29, 1.82) is 0 Å². The van der Waals surface area contributed by atoms with Gasteiger partial charge in [-0.15, -0.1) is 0 Å². The molecule has 0 radical (unpaired) electrons. The molecule has 2 aliphatic rings. The fraction of sp³-hybridized carbons (Fsp3) is 0.409. The molecule has 148 valence electrons. The minimum atomic E-state index is -0.694. The van der Waals surface area contributed by atoms with E-state index in [9.17, 15) is 4.79 Å². The highest BCUT2D eigenvalue weighted by atomic mass is 16.7. The van der Waals surface area contributed by atoms with E-state index in [2.05, 4.69) is 0 Å². The van der Waals surface area contributed by atoms with Gasteiger partial charge in [-0.2, -0.15) is 0 Å². The second-order valence-corrected chi connectivity index (χ2v) is 6.93. The number of ether oxygens (including phenoxy) is 5. The minimum Gasteiger partial charge on any atom is -0.370 e. The van der Waals surface area contributed by atoms with Crippen molar-refractivity contribution in [2.24, 2.45) is 5.92 Å². The van der Waals surface area contributed by atoms with Gasteiger partial charge in [0.05, 0.1) is 19.1 Å². The average Bonchev–Trinajstić information content (AvgIpc) is 2.77. The molecule has 2 heterocycles. The molecule has 6 heteroatoms. The number of hydrogen-bond acceptors (Lipinski definition) is 6. The molecule has 6 atom stereocenters. The van der Waals surface area contributed by atoms with E-state index in [1.54, 1.807) is 0 Å². The van der Waals surface area contributed by atoms with E-state index in [1.165, 1.54) is 7.11 Å². The Bertz CT molecular complexity index is 752. The van der Waals surface area contributed by atoms with Gasteiger partial charge in [0.15, 0.2) is 12.6 Å². The van der Waals surface area contributed by atoms with Crippen molar-refractivity contribution in [1.82, 2.24) is 0 Å². The van der Waals surface area contributed by atoms with Gasteiger partial charge in [0, 0.05) is 12.7 Å². The monoisotopic (exact) mass is 384 g/mol. The van der Waals surface area contributed by atoms with Gasteiger partial charge in [0.25, 0.3) is 0 Å². The zero-order chi connectivity index (χ0) is 19.3. The second kappa shape index (κ2) is 8.94. The van der Waals surface area contributed by atoms with Crippen molar-refractivity contribution < 1.29 is 28.5 Å². The van der Waals surface area contributed by atoms with Gasteiger partial charge in [-0.25, -0.2) is 0 Å². The molecule has 0 aromatic heterocycles. The Morgan fingerprint density at radius 2 is 1.75 bits per heavy atom. The van der Waals surface area contributed by atoms with Crippen molar-refractivity contribution in [2.45, 2.75) is 37.5 Å². The molecule has 1 unspecified atom stereocenters. The number of hydrogen-bond donors (Lipinski definition) is 0. The first-order valence-corrected chi connectivity index (χ1v) is 9.41. The molecule has 0 aliphatic carbocycles. The Kier molecular flexibility index (Phi) is 6.14. The van der Waals surface area contributed by atoms with E-state index in [0.717, 1.165) is 17.4 Å². The second-order valence-electron chi connectivity index (χ2n) is 6.93. The number of fused-ring (bicyclic) bond motifs is 1. The van der Waals surface area contributed by atoms with E-state index in [0.29, 0.717) is 13.2 Å². The van der Waals surface area contributed by atoms with Crippen molar-refractivity contribution in [3.63, 3.8) is 0 Å². The summed E-state index contributed by atoms with van der Waals surface area (Å²) in [6.07, 6.45) is -1.71. The summed E-state index contributed by atoms with van der Waals surface area (Å²) >= 11 is 0. The maximum atomic E-state index is 11.9. The first kappa shape index (κ1) is 19.2. The smallest absolute Gasteiger partial charge is 0.184 e. The van der Waals surface area contributed by atoms with Gasteiger partial charge >= 0.3 is 0 Å². The topological polar surface area (TPSA) is 63.2 Å². The van der Waals surface area contributed by atoms with Gasteiger partial charge in [0.2, 0.25) is 0 Å². The van der Waals surface area contributed by atoms with Crippen molar-refractivity contribution >= 4 is 6.29 Å². The Morgan fingerprint density at radius 3 is 2.43 bits per heavy atom. The lowest BCUT2D eigenvalue weighted by molar-refractivity contribution is -0.350. The summed E-state index contributed by atoms with van der Waals surface area (Å²) in [5.41, 5.74) is 1.94. The van der Waals surface area contributed by atoms with Gasteiger partial charge < -0.3 is 28.5 Å². The molecule has 6 nitrogen and oxygen atoms in total. The molecular formula is C22H24O6. The van der Waals surface area contributed by atoms with Crippen LogP contribution >= 0.6 is 0 Å². The minimum absolute atomic E-state index is 0.334. The van der Waals surface area contributed by atoms with Crippen LogP contribution in [0.3, 0.4) is 0 Å². The number of rotatable bonds is 6. The van der Waals surface area contributed by atoms with Gasteiger partial charge in [-0.3, -0.25) is 0 Å².